The Labute approximate surface area is 361 Å². The van der Waals surface area contributed by atoms with Gasteiger partial charge in [0.1, 0.15) is 12.1 Å². The molecule has 1 saturated heterocycles. The van der Waals surface area contributed by atoms with Crippen molar-refractivity contribution in [2.24, 2.45) is 11.7 Å². The third-order valence-electron chi connectivity index (χ3n) is 9.61. The Bertz CT molecular complexity index is 1810. The molecule has 0 aliphatic carbocycles. The van der Waals surface area contributed by atoms with Crippen LogP contribution in [0.2, 0.25) is 0 Å². The van der Waals surface area contributed by atoms with E-state index in [4.69, 9.17) is 15.4 Å². The summed E-state index contributed by atoms with van der Waals surface area (Å²) >= 11 is 0. The van der Waals surface area contributed by atoms with Gasteiger partial charge < -0.3 is 37.2 Å². The average molecular weight is 865 g/mol. The number of nitrogens with two attached hydrogens (primary N) is 1. The van der Waals surface area contributed by atoms with Crippen LogP contribution in [-0.4, -0.2) is 77.0 Å². The highest BCUT2D eigenvalue weighted by molar-refractivity contribution is 6.01. The van der Waals surface area contributed by atoms with Crippen molar-refractivity contribution in [3.8, 4) is 0 Å². The number of hydroxylamine groups is 3. The zero-order valence-corrected chi connectivity index (χ0v) is 35.5. The predicted molar refractivity (Wildman–Crippen MR) is 227 cm³/mol. The minimum Gasteiger partial charge on any atom is -0.352 e. The molecular formula is C43H60N8O11. The van der Waals surface area contributed by atoms with Gasteiger partial charge in [-0.1, -0.05) is 63.4 Å². The molecule has 0 bridgehead atoms. The molecule has 1 aliphatic heterocycles. The molecular weight excluding hydrogens is 805 g/mol. The van der Waals surface area contributed by atoms with Gasteiger partial charge in [0.2, 0.25) is 29.5 Å². The third-order valence-corrected chi connectivity index (χ3v) is 9.61. The number of urea groups is 1. The van der Waals surface area contributed by atoms with Crippen LogP contribution in [0, 0.1) is 5.92 Å². The fraction of sp³-hybridized carbons (Fsp3) is 0.512. The van der Waals surface area contributed by atoms with E-state index in [1.165, 1.54) is 0 Å². The SMILES string of the molecule is CC(C)C(NC(=O)CCCCCC(=O)ON1C(=O)CCC1=O)C(=O)N[C@@H](CCCNC(N)=O)C(=O)Nc1ccc(CONC(=O)CCCCCCC(=O)Nc2ccccc2)cc1. The van der Waals surface area contributed by atoms with Gasteiger partial charge in [-0.05, 0) is 74.3 Å². The van der Waals surface area contributed by atoms with Crippen molar-refractivity contribution in [3.05, 3.63) is 60.2 Å². The molecule has 0 radical (unpaired) electrons. The minimum atomic E-state index is -1.04. The van der Waals surface area contributed by atoms with E-state index in [0.717, 1.165) is 24.9 Å². The first-order valence-corrected chi connectivity index (χ1v) is 21.1. The van der Waals surface area contributed by atoms with Crippen molar-refractivity contribution in [1.29, 1.82) is 0 Å². The molecule has 1 unspecified atom stereocenters. The van der Waals surface area contributed by atoms with Crippen molar-refractivity contribution in [3.63, 3.8) is 0 Å². The lowest BCUT2D eigenvalue weighted by Gasteiger charge is -2.25. The highest BCUT2D eigenvalue weighted by Gasteiger charge is 2.33. The first kappa shape index (κ1) is 50.0. The molecule has 19 nitrogen and oxygen atoms in total. The van der Waals surface area contributed by atoms with Crippen LogP contribution in [-0.2, 0) is 54.6 Å². The second-order valence-electron chi connectivity index (χ2n) is 15.2. The third kappa shape index (κ3) is 19.8. The number of carbonyl (C=O) groups excluding carboxylic acids is 9. The van der Waals surface area contributed by atoms with Crippen molar-refractivity contribution < 1.29 is 52.8 Å². The summed E-state index contributed by atoms with van der Waals surface area (Å²) in [4.78, 5) is 121. The molecule has 62 heavy (non-hydrogen) atoms. The lowest BCUT2D eigenvalue weighted by molar-refractivity contribution is -0.197. The van der Waals surface area contributed by atoms with Crippen LogP contribution in [0.3, 0.4) is 0 Å². The number of rotatable bonds is 28. The second kappa shape index (κ2) is 27.5. The monoisotopic (exact) mass is 864 g/mol. The quantitative estimate of drug-likeness (QED) is 0.0367. The fourth-order valence-corrected chi connectivity index (χ4v) is 6.20. The van der Waals surface area contributed by atoms with Gasteiger partial charge >= 0.3 is 12.0 Å². The van der Waals surface area contributed by atoms with Crippen LogP contribution in [0.4, 0.5) is 16.2 Å². The Morgan fingerprint density at radius 3 is 1.87 bits per heavy atom. The van der Waals surface area contributed by atoms with E-state index < -0.39 is 53.6 Å². The van der Waals surface area contributed by atoms with Crippen LogP contribution in [0.15, 0.2) is 54.6 Å². The van der Waals surface area contributed by atoms with E-state index >= 15 is 0 Å². The summed E-state index contributed by atoms with van der Waals surface area (Å²) in [5, 5.41) is 14.0. The summed E-state index contributed by atoms with van der Waals surface area (Å²) in [6.07, 6.45) is 5.35. The molecule has 9 amide bonds. The first-order chi connectivity index (χ1) is 29.7. The summed E-state index contributed by atoms with van der Waals surface area (Å²) in [5.74, 6) is -4.01. The molecule has 19 heteroatoms. The molecule has 1 aliphatic rings. The van der Waals surface area contributed by atoms with Crippen molar-refractivity contribution in [2.45, 2.75) is 129 Å². The van der Waals surface area contributed by atoms with Gasteiger partial charge in [0.25, 0.3) is 11.8 Å². The molecule has 2 aromatic rings. The van der Waals surface area contributed by atoms with Crippen molar-refractivity contribution in [1.82, 2.24) is 26.5 Å². The standard InChI is InChI=1S/C43H60N8O11/c1-29(2)40(49-35(53)18-11-6-12-20-39(57)62-51-37(55)25-26-38(51)56)42(59)48-33(16-13-27-45-43(44)60)41(58)47-32-23-21-30(22-24-32)28-61-50-36(54)19-10-4-3-9-17-34(52)46-31-14-7-5-8-15-31/h5,7-8,14-15,21-24,29,33,40H,3-4,6,9-13,16-20,25-28H2,1-2H3,(H,46,52)(H,47,58)(H,48,59)(H,49,53)(H,50,54)(H3,44,45,60)/t33-,40?/m0/s1. The van der Waals surface area contributed by atoms with Crippen LogP contribution in [0.5, 0.6) is 0 Å². The molecule has 338 valence electrons. The fourth-order valence-electron chi connectivity index (χ4n) is 6.20. The van der Waals surface area contributed by atoms with E-state index in [1.807, 2.05) is 30.3 Å². The number of primary amides is 1. The Balaban J connectivity index is 1.39. The van der Waals surface area contributed by atoms with Crippen LogP contribution in [0.25, 0.3) is 0 Å². The molecule has 0 aromatic heterocycles. The van der Waals surface area contributed by atoms with Crippen LogP contribution < -0.4 is 37.8 Å². The molecule has 0 saturated carbocycles. The number of hydrogen-bond acceptors (Lipinski definition) is 11. The van der Waals surface area contributed by atoms with Gasteiger partial charge in [-0.25, -0.2) is 15.1 Å². The number of amides is 9. The van der Waals surface area contributed by atoms with E-state index in [2.05, 4.69) is 32.1 Å². The number of nitrogens with one attached hydrogen (secondary N) is 6. The maximum atomic E-state index is 13.5. The lowest BCUT2D eigenvalue weighted by Crippen LogP contribution is -2.54. The van der Waals surface area contributed by atoms with Crippen molar-refractivity contribution in [2.75, 3.05) is 17.2 Å². The van der Waals surface area contributed by atoms with Crippen molar-refractivity contribution >= 4 is 64.7 Å². The zero-order valence-electron chi connectivity index (χ0n) is 35.5. The number of anilines is 2. The van der Waals surface area contributed by atoms with E-state index in [0.29, 0.717) is 54.8 Å². The van der Waals surface area contributed by atoms with Crippen LogP contribution >= 0.6 is 0 Å². The minimum absolute atomic E-state index is 0.000499. The van der Waals surface area contributed by atoms with Gasteiger partial charge in [-0.3, -0.25) is 38.4 Å². The van der Waals surface area contributed by atoms with Gasteiger partial charge in [-0.2, -0.15) is 0 Å². The molecule has 0 spiro atoms. The number of unbranched alkanes of at least 4 members (excludes halogenated alkanes) is 5. The maximum Gasteiger partial charge on any atom is 0.333 e. The lowest BCUT2D eigenvalue weighted by atomic mass is 10.0. The largest absolute Gasteiger partial charge is 0.352 e. The highest BCUT2D eigenvalue weighted by Crippen LogP contribution is 2.16. The van der Waals surface area contributed by atoms with Gasteiger partial charge in [0.05, 0.1) is 6.61 Å². The Morgan fingerprint density at radius 2 is 1.24 bits per heavy atom. The number of imide groups is 1. The zero-order chi connectivity index (χ0) is 45.3. The Morgan fingerprint density at radius 1 is 0.661 bits per heavy atom. The molecule has 1 fully saturated rings. The molecule has 2 atom stereocenters. The predicted octanol–water partition coefficient (Wildman–Crippen LogP) is 3.78. The summed E-state index contributed by atoms with van der Waals surface area (Å²) in [5.41, 5.74) is 9.50. The summed E-state index contributed by atoms with van der Waals surface area (Å²) in [6, 6.07) is 13.2. The Kier molecular flexibility index (Phi) is 22.1. The van der Waals surface area contributed by atoms with E-state index in [1.54, 1.807) is 38.1 Å². The van der Waals surface area contributed by atoms with E-state index in [-0.39, 0.29) is 69.4 Å². The second-order valence-corrected chi connectivity index (χ2v) is 15.2. The number of para-hydroxylation sites is 1. The summed E-state index contributed by atoms with van der Waals surface area (Å²) in [6.45, 7) is 3.72. The normalized spacial score (nSPS) is 13.2. The van der Waals surface area contributed by atoms with E-state index in [9.17, 15) is 43.2 Å². The molecule has 3 rings (SSSR count). The van der Waals surface area contributed by atoms with Gasteiger partial charge in [0.15, 0.2) is 0 Å². The molecule has 1 heterocycles. The molecule has 2 aromatic carbocycles. The summed E-state index contributed by atoms with van der Waals surface area (Å²) < 4.78 is 0. The van der Waals surface area contributed by atoms with Crippen LogP contribution in [0.1, 0.15) is 116 Å². The number of hydrogen-bond donors (Lipinski definition) is 7. The summed E-state index contributed by atoms with van der Waals surface area (Å²) in [7, 11) is 0. The van der Waals surface area contributed by atoms with Gasteiger partial charge in [0, 0.05) is 56.4 Å². The van der Waals surface area contributed by atoms with Gasteiger partial charge in [-0.15, -0.1) is 5.06 Å². The maximum absolute atomic E-state index is 13.5. The smallest absolute Gasteiger partial charge is 0.333 e. The topological polar surface area (TPSA) is 274 Å². The number of carbonyl (C=O) groups is 9. The average Bonchev–Trinajstić information content (AvgIpc) is 3.54. The number of nitrogens with zero attached hydrogens (tertiary/aromatic N) is 1. The molecule has 8 N–H and O–H groups in total. The highest BCUT2D eigenvalue weighted by atomic mass is 16.7. The Hall–Kier alpha value is -6.37. The first-order valence-electron chi connectivity index (χ1n) is 21.1. The number of benzene rings is 2.